The fourth-order valence-electron chi connectivity index (χ4n) is 2.67. The second-order valence-electron chi connectivity index (χ2n) is 5.32. The quantitative estimate of drug-likeness (QED) is 0.924. The molecule has 0 aliphatic carbocycles. The number of benzene rings is 1. The molecule has 1 N–H and O–H groups in total. The molecule has 2 rings (SSSR count). The van der Waals surface area contributed by atoms with E-state index in [9.17, 15) is 13.2 Å². The van der Waals surface area contributed by atoms with E-state index in [1.54, 1.807) is 18.2 Å². The van der Waals surface area contributed by atoms with Crippen LogP contribution >= 0.6 is 12.4 Å². The van der Waals surface area contributed by atoms with E-state index in [0.29, 0.717) is 24.2 Å². The second kappa shape index (κ2) is 7.33. The van der Waals surface area contributed by atoms with Gasteiger partial charge in [-0.05, 0) is 19.9 Å². The van der Waals surface area contributed by atoms with Crippen LogP contribution in [0.2, 0.25) is 0 Å². The van der Waals surface area contributed by atoms with E-state index in [-0.39, 0.29) is 18.2 Å². The highest BCUT2D eigenvalue weighted by Gasteiger charge is 2.32. The van der Waals surface area contributed by atoms with Crippen LogP contribution in [0.5, 0.6) is 5.75 Å². The van der Waals surface area contributed by atoms with Gasteiger partial charge in [-0.25, -0.2) is 0 Å². The van der Waals surface area contributed by atoms with Crippen molar-refractivity contribution in [2.45, 2.75) is 38.8 Å². The predicted molar refractivity (Wildman–Crippen MR) is 77.7 cm³/mol. The Morgan fingerprint density at radius 3 is 2.33 bits per heavy atom. The van der Waals surface area contributed by atoms with Crippen LogP contribution in [0, 0.1) is 0 Å². The maximum absolute atomic E-state index is 12.4. The lowest BCUT2D eigenvalue weighted by atomic mass is 10.1. The van der Waals surface area contributed by atoms with Gasteiger partial charge >= 0.3 is 6.36 Å². The molecular weight excluding hydrogens is 305 g/mol. The van der Waals surface area contributed by atoms with Crippen LogP contribution < -0.4 is 10.1 Å². The molecule has 1 aromatic carbocycles. The average molecular weight is 325 g/mol. The summed E-state index contributed by atoms with van der Waals surface area (Å²) in [6.07, 6.45) is -4.65. The number of para-hydroxylation sites is 1. The first-order valence-corrected chi connectivity index (χ1v) is 6.65. The molecule has 2 unspecified atom stereocenters. The lowest BCUT2D eigenvalue weighted by molar-refractivity contribution is -0.275. The topological polar surface area (TPSA) is 24.5 Å². The zero-order valence-electron chi connectivity index (χ0n) is 12.0. The molecule has 0 radical (unpaired) electrons. The molecule has 1 aliphatic rings. The number of halogens is 4. The van der Waals surface area contributed by atoms with Crippen LogP contribution in [-0.4, -0.2) is 36.4 Å². The van der Waals surface area contributed by atoms with Crippen molar-refractivity contribution in [1.82, 2.24) is 10.2 Å². The van der Waals surface area contributed by atoms with Gasteiger partial charge in [-0.1, -0.05) is 18.2 Å². The summed E-state index contributed by atoms with van der Waals surface area (Å²) in [4.78, 5) is 2.14. The molecule has 0 bridgehead atoms. The zero-order valence-corrected chi connectivity index (χ0v) is 12.8. The van der Waals surface area contributed by atoms with Crippen molar-refractivity contribution in [3.8, 4) is 5.75 Å². The second-order valence-corrected chi connectivity index (χ2v) is 5.32. The first kappa shape index (κ1) is 18.1. The van der Waals surface area contributed by atoms with Crippen LogP contribution in [0.15, 0.2) is 24.3 Å². The highest BCUT2D eigenvalue weighted by atomic mass is 35.5. The number of piperazine rings is 1. The molecular formula is C14H20ClF3N2O. The van der Waals surface area contributed by atoms with Crippen LogP contribution in [0.1, 0.15) is 19.4 Å². The number of hydrogen-bond donors (Lipinski definition) is 1. The van der Waals surface area contributed by atoms with E-state index in [1.807, 2.05) is 0 Å². The van der Waals surface area contributed by atoms with Crippen molar-refractivity contribution in [3.05, 3.63) is 29.8 Å². The molecule has 0 aromatic heterocycles. The van der Waals surface area contributed by atoms with Gasteiger partial charge in [-0.3, -0.25) is 4.90 Å². The van der Waals surface area contributed by atoms with E-state index >= 15 is 0 Å². The minimum absolute atomic E-state index is 0. The minimum atomic E-state index is -4.65. The molecule has 1 aliphatic heterocycles. The van der Waals surface area contributed by atoms with Crippen molar-refractivity contribution < 1.29 is 17.9 Å². The van der Waals surface area contributed by atoms with E-state index in [2.05, 4.69) is 28.8 Å². The first-order valence-electron chi connectivity index (χ1n) is 6.65. The Bertz CT molecular complexity index is 446. The predicted octanol–water partition coefficient (Wildman–Crippen LogP) is 3.19. The third-order valence-corrected chi connectivity index (χ3v) is 3.23. The molecule has 1 aromatic rings. The summed E-state index contributed by atoms with van der Waals surface area (Å²) >= 11 is 0. The van der Waals surface area contributed by atoms with E-state index in [4.69, 9.17) is 0 Å². The van der Waals surface area contributed by atoms with Gasteiger partial charge in [-0.15, -0.1) is 25.6 Å². The smallest absolute Gasteiger partial charge is 0.405 e. The van der Waals surface area contributed by atoms with Gasteiger partial charge < -0.3 is 10.1 Å². The summed E-state index contributed by atoms with van der Waals surface area (Å²) in [6.45, 7) is 6.22. The van der Waals surface area contributed by atoms with Crippen molar-refractivity contribution in [1.29, 1.82) is 0 Å². The highest BCUT2D eigenvalue weighted by Crippen LogP contribution is 2.27. The number of rotatable bonds is 3. The van der Waals surface area contributed by atoms with Crippen LogP contribution in [0.3, 0.4) is 0 Å². The summed E-state index contributed by atoms with van der Waals surface area (Å²) in [5.41, 5.74) is 0.561. The largest absolute Gasteiger partial charge is 0.573 e. The third kappa shape index (κ3) is 5.73. The molecule has 3 nitrogen and oxygen atoms in total. The normalized spacial score (nSPS) is 23.5. The van der Waals surface area contributed by atoms with Crippen molar-refractivity contribution in [2.75, 3.05) is 13.1 Å². The number of ether oxygens (including phenoxy) is 1. The maximum Gasteiger partial charge on any atom is 0.573 e. The summed E-state index contributed by atoms with van der Waals surface area (Å²) in [6, 6.07) is 6.97. The Labute approximate surface area is 128 Å². The molecule has 120 valence electrons. The molecule has 7 heteroatoms. The molecule has 1 heterocycles. The third-order valence-electron chi connectivity index (χ3n) is 3.23. The van der Waals surface area contributed by atoms with Gasteiger partial charge in [0.15, 0.2) is 0 Å². The Morgan fingerprint density at radius 1 is 1.19 bits per heavy atom. The lowest BCUT2D eigenvalue weighted by Crippen LogP contribution is -2.53. The van der Waals surface area contributed by atoms with Gasteiger partial charge in [0.2, 0.25) is 0 Å². The number of hydrogen-bond acceptors (Lipinski definition) is 3. The zero-order chi connectivity index (χ0) is 14.8. The standard InChI is InChI=1S/C14H19F3N2O.ClH/c1-10-7-19(8-11(2)18-10)9-12-5-3-4-6-13(12)20-14(15,16)17;/h3-6,10-11,18H,7-9H2,1-2H3;1H. The summed E-state index contributed by atoms with van der Waals surface area (Å²) in [5.74, 6) is -0.112. The van der Waals surface area contributed by atoms with Crippen LogP contribution in [0.4, 0.5) is 13.2 Å². The summed E-state index contributed by atoms with van der Waals surface area (Å²) in [5, 5.41) is 3.39. The Morgan fingerprint density at radius 2 is 1.76 bits per heavy atom. The van der Waals surface area contributed by atoms with E-state index < -0.39 is 6.36 Å². The molecule has 0 saturated carbocycles. The van der Waals surface area contributed by atoms with Gasteiger partial charge in [0.25, 0.3) is 0 Å². The molecule has 0 spiro atoms. The fourth-order valence-corrected chi connectivity index (χ4v) is 2.67. The van der Waals surface area contributed by atoms with Gasteiger partial charge in [0, 0.05) is 37.3 Å². The summed E-state index contributed by atoms with van der Waals surface area (Å²) < 4.78 is 41.2. The Kier molecular flexibility index (Phi) is 6.31. The SMILES string of the molecule is CC1CN(Cc2ccccc2OC(F)(F)F)CC(C)N1.Cl. The van der Waals surface area contributed by atoms with Gasteiger partial charge in [0.05, 0.1) is 0 Å². The fraction of sp³-hybridized carbons (Fsp3) is 0.571. The molecule has 1 saturated heterocycles. The van der Waals surface area contributed by atoms with Crippen LogP contribution in [-0.2, 0) is 6.54 Å². The maximum atomic E-state index is 12.4. The Balaban J connectivity index is 0.00000220. The molecule has 2 atom stereocenters. The van der Waals surface area contributed by atoms with Crippen LogP contribution in [0.25, 0.3) is 0 Å². The van der Waals surface area contributed by atoms with Crippen molar-refractivity contribution in [2.24, 2.45) is 0 Å². The van der Waals surface area contributed by atoms with E-state index in [1.165, 1.54) is 6.07 Å². The molecule has 0 amide bonds. The monoisotopic (exact) mass is 324 g/mol. The summed E-state index contributed by atoms with van der Waals surface area (Å²) in [7, 11) is 0. The number of nitrogens with zero attached hydrogens (tertiary/aromatic N) is 1. The molecule has 21 heavy (non-hydrogen) atoms. The van der Waals surface area contributed by atoms with Gasteiger partial charge in [-0.2, -0.15) is 0 Å². The van der Waals surface area contributed by atoms with Gasteiger partial charge in [0.1, 0.15) is 5.75 Å². The number of alkyl halides is 3. The lowest BCUT2D eigenvalue weighted by Gasteiger charge is -2.36. The first-order chi connectivity index (χ1) is 9.33. The minimum Gasteiger partial charge on any atom is -0.405 e. The van der Waals surface area contributed by atoms with E-state index in [0.717, 1.165) is 13.1 Å². The van der Waals surface area contributed by atoms with Crippen molar-refractivity contribution >= 4 is 12.4 Å². The highest BCUT2D eigenvalue weighted by molar-refractivity contribution is 5.85. The average Bonchev–Trinajstić information content (AvgIpc) is 2.28. The van der Waals surface area contributed by atoms with Crippen molar-refractivity contribution in [3.63, 3.8) is 0 Å². The Hall–Kier alpha value is -0.980. The molecule has 1 fully saturated rings. The number of nitrogens with one attached hydrogen (secondary N) is 1.